The van der Waals surface area contributed by atoms with E-state index in [2.05, 4.69) is 0 Å². The SMILES string of the molecule is C1CCC([PH+](CC[PH+](C2CCCCC2)C2CCCCC2)C2CCCCC2)CC1.C1CCC([PH+](CC[PH+](C2CCCCC2)C2CCCCC2)C2CCCCC2)CC1.O=C([O-])c1cccc(F)c1[O-].O=C([O-])c1cccc(F)c1[O-].Oc1ccccc1F.Oc1ccccc1F.[Pd+2].[Pd+2]. The number of aromatic carboxylic acids is 2. The molecule has 8 fully saturated rings. The molecule has 540 valence electrons. The molecular formula is C78H116F4O8P4Pd2+4. The van der Waals surface area contributed by atoms with Crippen LogP contribution in [0.3, 0.4) is 0 Å². The zero-order valence-corrected chi connectivity index (χ0v) is 64.4. The summed E-state index contributed by atoms with van der Waals surface area (Å²) in [4.78, 5) is 20.2. The molecular weight excluding hydrogens is 1480 g/mol. The summed E-state index contributed by atoms with van der Waals surface area (Å²) in [5.41, 5.74) is 8.50. The third kappa shape index (κ3) is 28.9. The van der Waals surface area contributed by atoms with Crippen LogP contribution >= 0.6 is 31.7 Å². The van der Waals surface area contributed by atoms with Crippen LogP contribution < -0.4 is 20.4 Å². The van der Waals surface area contributed by atoms with Crippen LogP contribution in [-0.2, 0) is 40.8 Å². The Labute approximate surface area is 607 Å². The zero-order valence-electron chi connectivity index (χ0n) is 57.3. The van der Waals surface area contributed by atoms with Gasteiger partial charge in [-0.25, -0.2) is 17.6 Å². The first kappa shape index (κ1) is 84.4. The van der Waals surface area contributed by atoms with Crippen molar-refractivity contribution in [1.29, 1.82) is 0 Å². The number of carboxylic acid groups (broad SMARTS) is 2. The van der Waals surface area contributed by atoms with Crippen LogP contribution in [0, 0.1) is 23.3 Å². The fourth-order valence-electron chi connectivity index (χ4n) is 17.6. The minimum atomic E-state index is -1.66. The van der Waals surface area contributed by atoms with Gasteiger partial charge in [-0.05, 0) is 253 Å². The number of rotatable bonds is 16. The fraction of sp³-hybridized carbons (Fsp3) is 0.667. The fourth-order valence-corrected chi connectivity index (χ4v) is 37.3. The van der Waals surface area contributed by atoms with Crippen molar-refractivity contribution in [2.75, 3.05) is 24.6 Å². The average molecular weight is 1590 g/mol. The van der Waals surface area contributed by atoms with Crippen molar-refractivity contribution < 1.29 is 98.6 Å². The van der Waals surface area contributed by atoms with Crippen LogP contribution in [0.1, 0.15) is 278 Å². The normalized spacial score (nSPS) is 19.8. The summed E-state index contributed by atoms with van der Waals surface area (Å²) in [6.07, 6.45) is 70.9. The molecule has 96 heavy (non-hydrogen) atoms. The molecule has 0 aliphatic heterocycles. The summed E-state index contributed by atoms with van der Waals surface area (Å²) in [5.74, 6) is -9.48. The van der Waals surface area contributed by atoms with Crippen molar-refractivity contribution in [3.63, 3.8) is 0 Å². The molecule has 8 saturated carbocycles. The van der Waals surface area contributed by atoms with Gasteiger partial charge in [-0.1, -0.05) is 111 Å². The second kappa shape index (κ2) is 47.9. The van der Waals surface area contributed by atoms with Crippen LogP contribution in [0.2, 0.25) is 0 Å². The Morgan fingerprint density at radius 1 is 0.302 bits per heavy atom. The van der Waals surface area contributed by atoms with Crippen LogP contribution in [0.5, 0.6) is 23.0 Å². The average Bonchev–Trinajstić information content (AvgIpc) is 0.943. The number of phenols is 2. The molecule has 0 radical (unpaired) electrons. The largest absolute Gasteiger partial charge is 2.00 e. The monoisotopic (exact) mass is 1590 g/mol. The molecule has 0 heterocycles. The molecule has 18 heteroatoms. The van der Waals surface area contributed by atoms with E-state index in [-0.39, 0.29) is 84.0 Å². The van der Waals surface area contributed by atoms with Gasteiger partial charge < -0.3 is 40.2 Å². The number of hydrogen-bond acceptors (Lipinski definition) is 8. The Kier molecular flexibility index (Phi) is 42.1. The van der Waals surface area contributed by atoms with E-state index < -0.39 is 57.8 Å². The van der Waals surface area contributed by atoms with Crippen LogP contribution in [0.25, 0.3) is 0 Å². The smallest absolute Gasteiger partial charge is 0.870 e. The van der Waals surface area contributed by atoms with Gasteiger partial charge in [0.1, 0.15) is 11.6 Å². The first-order chi connectivity index (χ1) is 45.7. The number of para-hydroxylation sites is 4. The molecule has 0 amide bonds. The molecule has 0 unspecified atom stereocenters. The van der Waals surface area contributed by atoms with E-state index in [0.29, 0.717) is 0 Å². The maximum atomic E-state index is 12.3. The molecule has 12 rings (SSSR count). The van der Waals surface area contributed by atoms with E-state index in [4.69, 9.17) is 10.2 Å². The Hall–Kier alpha value is -2.22. The van der Waals surface area contributed by atoms with E-state index in [0.717, 1.165) is 36.4 Å². The maximum absolute atomic E-state index is 12.3. The molecule has 8 nitrogen and oxygen atoms in total. The minimum absolute atomic E-state index is 0. The molecule has 0 aromatic heterocycles. The van der Waals surface area contributed by atoms with Crippen molar-refractivity contribution in [1.82, 2.24) is 0 Å². The topological polar surface area (TPSA) is 167 Å². The van der Waals surface area contributed by atoms with Gasteiger partial charge in [-0.3, -0.25) is 0 Å². The van der Waals surface area contributed by atoms with Crippen LogP contribution in [0.4, 0.5) is 17.6 Å². The van der Waals surface area contributed by atoms with Gasteiger partial charge in [-0.2, -0.15) is 0 Å². The number of aromatic hydroxyl groups is 2. The molecule has 4 aromatic carbocycles. The van der Waals surface area contributed by atoms with Gasteiger partial charge in [0.15, 0.2) is 23.1 Å². The molecule has 2 N–H and O–H groups in total. The van der Waals surface area contributed by atoms with Crippen molar-refractivity contribution in [3.05, 3.63) is 119 Å². The number of benzene rings is 4. The van der Waals surface area contributed by atoms with Crippen molar-refractivity contribution >= 4 is 43.6 Å². The first-order valence-electron chi connectivity index (χ1n) is 37.3. The predicted octanol–water partition coefficient (Wildman–Crippen LogP) is 19.1. The molecule has 8 aliphatic carbocycles. The third-order valence-corrected chi connectivity index (χ3v) is 39.8. The number of carboxylic acids is 2. The van der Waals surface area contributed by atoms with E-state index in [1.54, 1.807) is 294 Å². The number of phenolic OH excluding ortho intramolecular Hbond substituents is 2. The van der Waals surface area contributed by atoms with E-state index in [1.807, 2.05) is 0 Å². The predicted molar refractivity (Wildman–Crippen MR) is 384 cm³/mol. The quantitative estimate of drug-likeness (QED) is 0.0635. The van der Waals surface area contributed by atoms with E-state index in [1.165, 1.54) is 81.7 Å². The van der Waals surface area contributed by atoms with Gasteiger partial charge in [0.25, 0.3) is 0 Å². The third-order valence-electron chi connectivity index (χ3n) is 22.5. The molecule has 4 aromatic rings. The Morgan fingerprint density at radius 3 is 0.625 bits per heavy atom. The van der Waals surface area contributed by atoms with Crippen LogP contribution in [-0.4, -0.2) is 92.1 Å². The minimum Gasteiger partial charge on any atom is -0.870 e. The Bertz CT molecular complexity index is 2380. The molecule has 0 bridgehead atoms. The molecule has 0 atom stereocenters. The Morgan fingerprint density at radius 2 is 0.479 bits per heavy atom. The standard InChI is InChI=1S/2C26H48P2.2C7H5FO3.2C6H5FO.2Pd/c2*1-5-13-23(14-6-1)27(24-15-7-2-8-16-24)21-22-28(25-17-9-3-10-18-25)26-19-11-4-12-20-26;2*8-5-3-1-2-4(6(5)9)7(10)11;2*7-5-3-1-2-4-6(5)8;;/h2*23-26H,1-22H2;2*1-3,9H,(H,10,11);2*1-4,8H;;/q;;;;;;2*+2. The van der Waals surface area contributed by atoms with Crippen molar-refractivity contribution in [2.24, 2.45) is 0 Å². The van der Waals surface area contributed by atoms with E-state index in [9.17, 15) is 47.6 Å². The van der Waals surface area contributed by atoms with Crippen molar-refractivity contribution in [2.45, 2.75) is 302 Å². The summed E-state index contributed by atoms with van der Waals surface area (Å²) in [6, 6.07) is 17.3. The summed E-state index contributed by atoms with van der Waals surface area (Å²) in [7, 11) is -0.363. The summed E-state index contributed by atoms with van der Waals surface area (Å²) >= 11 is 0. The van der Waals surface area contributed by atoms with Crippen molar-refractivity contribution in [3.8, 4) is 23.0 Å². The van der Waals surface area contributed by atoms with Crippen LogP contribution in [0.15, 0.2) is 84.9 Å². The number of hydrogen-bond donors (Lipinski definition) is 2. The summed E-state index contributed by atoms with van der Waals surface area (Å²) in [5, 5.41) is 58.5. The first-order valence-corrected chi connectivity index (χ1v) is 44.8. The van der Waals surface area contributed by atoms with Gasteiger partial charge in [-0.15, -0.1) is 0 Å². The van der Waals surface area contributed by atoms with Gasteiger partial charge in [0.2, 0.25) is 0 Å². The Balaban J connectivity index is 0.000000225. The maximum Gasteiger partial charge on any atom is 2.00 e. The van der Waals surface area contributed by atoms with Gasteiger partial charge in [0, 0.05) is 31.7 Å². The molecule has 8 aliphatic rings. The summed E-state index contributed by atoms with van der Waals surface area (Å²) in [6.45, 7) is 0. The summed E-state index contributed by atoms with van der Waals surface area (Å²) < 4.78 is 48.8. The number of halogens is 4. The second-order valence-electron chi connectivity index (χ2n) is 28.7. The molecule has 0 saturated heterocycles. The van der Waals surface area contributed by atoms with Gasteiger partial charge >= 0.3 is 40.8 Å². The second-order valence-corrected chi connectivity index (χ2v) is 41.8. The molecule has 0 spiro atoms. The van der Waals surface area contributed by atoms with E-state index >= 15 is 0 Å². The number of carbonyl (C=O) groups is 2. The number of carbonyl (C=O) groups excluding carboxylic acids is 2. The zero-order chi connectivity index (χ0) is 66.9. The van der Waals surface area contributed by atoms with Gasteiger partial charge in [0.05, 0.1) is 81.9 Å².